The van der Waals surface area contributed by atoms with Gasteiger partial charge in [0.2, 0.25) is 5.91 Å². The van der Waals surface area contributed by atoms with E-state index in [1.54, 1.807) is 6.07 Å². The van der Waals surface area contributed by atoms with Crippen LogP contribution in [-0.4, -0.2) is 27.1 Å². The normalized spacial score (nSPS) is 13.1. The fourth-order valence-electron chi connectivity index (χ4n) is 1.57. The van der Waals surface area contributed by atoms with Crippen LogP contribution < -0.4 is 11.1 Å². The highest BCUT2D eigenvalue weighted by molar-refractivity contribution is 7.90. The molecule has 0 saturated heterocycles. The van der Waals surface area contributed by atoms with E-state index >= 15 is 0 Å². The summed E-state index contributed by atoms with van der Waals surface area (Å²) in [6.07, 6.45) is 1.46. The van der Waals surface area contributed by atoms with Crippen LogP contribution in [0.5, 0.6) is 0 Å². The van der Waals surface area contributed by atoms with Crippen molar-refractivity contribution in [3.63, 3.8) is 0 Å². The highest BCUT2D eigenvalue weighted by Gasteiger charge is 2.12. The van der Waals surface area contributed by atoms with E-state index < -0.39 is 9.84 Å². The summed E-state index contributed by atoms with van der Waals surface area (Å²) in [6, 6.07) is 4.69. The van der Waals surface area contributed by atoms with E-state index in [1.165, 1.54) is 12.1 Å². The number of anilines is 1. The molecule has 1 rings (SSSR count). The Morgan fingerprint density at radius 2 is 2.05 bits per heavy atom. The first kappa shape index (κ1) is 15.7. The summed E-state index contributed by atoms with van der Waals surface area (Å²) < 4.78 is 23.0. The molecule has 106 valence electrons. The van der Waals surface area contributed by atoms with E-state index in [1.807, 2.05) is 13.8 Å². The minimum Gasteiger partial charge on any atom is -0.330 e. The number of carbonyl (C=O) groups excluding carboxylic acids is 1. The number of hydrogen-bond donors (Lipinski definition) is 2. The van der Waals surface area contributed by atoms with Gasteiger partial charge in [-0.3, -0.25) is 4.79 Å². The lowest BCUT2D eigenvalue weighted by Crippen LogP contribution is -2.20. The van der Waals surface area contributed by atoms with Crippen molar-refractivity contribution < 1.29 is 13.2 Å². The van der Waals surface area contributed by atoms with E-state index in [2.05, 4.69) is 5.32 Å². The van der Waals surface area contributed by atoms with E-state index in [4.69, 9.17) is 5.73 Å². The highest BCUT2D eigenvalue weighted by atomic mass is 32.2. The molecule has 0 aliphatic carbocycles. The molecule has 0 heterocycles. The van der Waals surface area contributed by atoms with Crippen molar-refractivity contribution in [2.24, 2.45) is 11.7 Å². The molecule has 0 bridgehead atoms. The zero-order valence-corrected chi connectivity index (χ0v) is 12.3. The predicted molar refractivity (Wildman–Crippen MR) is 75.8 cm³/mol. The minimum atomic E-state index is -3.28. The summed E-state index contributed by atoms with van der Waals surface area (Å²) in [6.45, 7) is 4.14. The SMILES string of the molecule is Cc1ccc(S(C)(=O)=O)cc1NC(=O)CC(C)CN. The molecule has 0 saturated carbocycles. The number of sulfone groups is 1. The quantitative estimate of drug-likeness (QED) is 0.853. The van der Waals surface area contributed by atoms with Crippen molar-refractivity contribution in [3.05, 3.63) is 23.8 Å². The molecule has 0 aliphatic heterocycles. The fourth-order valence-corrected chi connectivity index (χ4v) is 2.21. The van der Waals surface area contributed by atoms with E-state index in [-0.39, 0.29) is 16.7 Å². The maximum atomic E-state index is 11.8. The van der Waals surface area contributed by atoms with Crippen LogP contribution in [-0.2, 0) is 14.6 Å². The van der Waals surface area contributed by atoms with Gasteiger partial charge in [0.05, 0.1) is 4.90 Å². The predicted octanol–water partition coefficient (Wildman–Crippen LogP) is 1.32. The van der Waals surface area contributed by atoms with Crippen LogP contribution in [0.3, 0.4) is 0 Å². The van der Waals surface area contributed by atoms with Gasteiger partial charge in [-0.05, 0) is 37.1 Å². The zero-order valence-electron chi connectivity index (χ0n) is 11.4. The Kier molecular flexibility index (Phi) is 5.08. The number of nitrogens with two attached hydrogens (primary N) is 1. The first-order valence-electron chi connectivity index (χ1n) is 6.04. The molecule has 1 aromatic carbocycles. The van der Waals surface area contributed by atoms with Crippen molar-refractivity contribution in [2.75, 3.05) is 18.1 Å². The molecule has 0 spiro atoms. The number of hydrogen-bond acceptors (Lipinski definition) is 4. The molecule has 1 aromatic rings. The highest BCUT2D eigenvalue weighted by Crippen LogP contribution is 2.20. The Bertz CT molecular complexity index is 567. The molecule has 0 radical (unpaired) electrons. The van der Waals surface area contributed by atoms with Gasteiger partial charge in [0, 0.05) is 18.4 Å². The number of rotatable bonds is 5. The van der Waals surface area contributed by atoms with Gasteiger partial charge in [0.15, 0.2) is 9.84 Å². The molecular weight excluding hydrogens is 264 g/mol. The van der Waals surface area contributed by atoms with Gasteiger partial charge in [0.1, 0.15) is 0 Å². The molecular formula is C13H20N2O3S. The number of nitrogens with one attached hydrogen (secondary N) is 1. The van der Waals surface area contributed by atoms with E-state index in [0.29, 0.717) is 18.7 Å². The number of benzene rings is 1. The average molecular weight is 284 g/mol. The van der Waals surface area contributed by atoms with Crippen molar-refractivity contribution in [1.82, 2.24) is 0 Å². The number of amides is 1. The molecule has 5 nitrogen and oxygen atoms in total. The van der Waals surface area contributed by atoms with Crippen LogP contribution >= 0.6 is 0 Å². The van der Waals surface area contributed by atoms with Crippen molar-refractivity contribution in [2.45, 2.75) is 25.2 Å². The third kappa shape index (κ3) is 4.65. The summed E-state index contributed by atoms with van der Waals surface area (Å²) in [5, 5.41) is 2.73. The Morgan fingerprint density at radius 3 is 2.58 bits per heavy atom. The maximum absolute atomic E-state index is 11.8. The molecule has 1 unspecified atom stereocenters. The Hall–Kier alpha value is -1.40. The van der Waals surface area contributed by atoms with Gasteiger partial charge >= 0.3 is 0 Å². The maximum Gasteiger partial charge on any atom is 0.224 e. The zero-order chi connectivity index (χ0) is 14.6. The second kappa shape index (κ2) is 6.16. The molecule has 6 heteroatoms. The molecule has 0 fully saturated rings. The third-order valence-electron chi connectivity index (χ3n) is 2.85. The smallest absolute Gasteiger partial charge is 0.224 e. The lowest BCUT2D eigenvalue weighted by Gasteiger charge is -2.12. The monoisotopic (exact) mass is 284 g/mol. The molecule has 0 aliphatic rings. The molecule has 1 amide bonds. The van der Waals surface area contributed by atoms with Crippen molar-refractivity contribution in [3.8, 4) is 0 Å². The first-order chi connectivity index (χ1) is 8.74. The van der Waals surface area contributed by atoms with E-state index in [0.717, 1.165) is 11.8 Å². The van der Waals surface area contributed by atoms with Gasteiger partial charge in [-0.1, -0.05) is 13.0 Å². The summed E-state index contributed by atoms with van der Waals surface area (Å²) in [7, 11) is -3.28. The minimum absolute atomic E-state index is 0.0957. The van der Waals surface area contributed by atoms with Crippen molar-refractivity contribution in [1.29, 1.82) is 0 Å². The van der Waals surface area contributed by atoms with Gasteiger partial charge < -0.3 is 11.1 Å². The molecule has 19 heavy (non-hydrogen) atoms. The average Bonchev–Trinajstić information content (AvgIpc) is 2.30. The number of carbonyl (C=O) groups is 1. The Balaban J connectivity index is 2.92. The van der Waals surface area contributed by atoms with Crippen LogP contribution in [0.25, 0.3) is 0 Å². The third-order valence-corrected chi connectivity index (χ3v) is 3.96. The second-order valence-electron chi connectivity index (χ2n) is 4.84. The first-order valence-corrected chi connectivity index (χ1v) is 7.93. The standard InChI is InChI=1S/C13H20N2O3S/c1-9(8-14)6-13(16)15-12-7-11(19(3,17)18)5-4-10(12)2/h4-5,7,9H,6,8,14H2,1-3H3,(H,15,16). The molecule has 3 N–H and O–H groups in total. The summed E-state index contributed by atoms with van der Waals surface area (Å²) in [5.41, 5.74) is 6.81. The van der Waals surface area contributed by atoms with Crippen LogP contribution in [0.1, 0.15) is 18.9 Å². The fraction of sp³-hybridized carbons (Fsp3) is 0.462. The van der Waals surface area contributed by atoms with Crippen LogP contribution in [0.4, 0.5) is 5.69 Å². The Morgan fingerprint density at radius 1 is 1.42 bits per heavy atom. The lowest BCUT2D eigenvalue weighted by molar-refractivity contribution is -0.116. The number of aryl methyl sites for hydroxylation is 1. The van der Waals surface area contributed by atoms with Crippen LogP contribution in [0.2, 0.25) is 0 Å². The van der Waals surface area contributed by atoms with Gasteiger partial charge in [-0.2, -0.15) is 0 Å². The van der Waals surface area contributed by atoms with Crippen LogP contribution in [0, 0.1) is 12.8 Å². The summed E-state index contributed by atoms with van der Waals surface area (Å²) in [4.78, 5) is 12.0. The molecule has 1 atom stereocenters. The van der Waals surface area contributed by atoms with Crippen LogP contribution in [0.15, 0.2) is 23.1 Å². The van der Waals surface area contributed by atoms with Gasteiger partial charge in [0.25, 0.3) is 0 Å². The van der Waals surface area contributed by atoms with Gasteiger partial charge in [-0.25, -0.2) is 8.42 Å². The summed E-state index contributed by atoms with van der Waals surface area (Å²) in [5.74, 6) is -0.0647. The summed E-state index contributed by atoms with van der Waals surface area (Å²) >= 11 is 0. The van der Waals surface area contributed by atoms with E-state index in [9.17, 15) is 13.2 Å². The lowest BCUT2D eigenvalue weighted by atomic mass is 10.1. The van der Waals surface area contributed by atoms with Gasteiger partial charge in [-0.15, -0.1) is 0 Å². The molecule has 0 aromatic heterocycles. The second-order valence-corrected chi connectivity index (χ2v) is 6.86. The Labute approximate surface area is 114 Å². The largest absolute Gasteiger partial charge is 0.330 e. The van der Waals surface area contributed by atoms with Crippen molar-refractivity contribution >= 4 is 21.4 Å². The topological polar surface area (TPSA) is 89.3 Å².